The molecule has 1 atom stereocenters. The van der Waals surface area contributed by atoms with Crippen molar-refractivity contribution in [1.29, 1.82) is 0 Å². The molecule has 2 rings (SSSR count). The minimum atomic E-state index is 0.262. The van der Waals surface area contributed by atoms with Crippen molar-refractivity contribution in [2.45, 2.75) is 18.2 Å². The summed E-state index contributed by atoms with van der Waals surface area (Å²) in [5.41, 5.74) is 3.66. The number of hydrogen-bond acceptors (Lipinski definition) is 1. The van der Waals surface area contributed by atoms with Gasteiger partial charge in [-0.25, -0.2) is 0 Å². The Morgan fingerprint density at radius 2 is 1.84 bits per heavy atom. The van der Waals surface area contributed by atoms with Crippen LogP contribution in [0.4, 0.5) is 0 Å². The molecule has 0 bridgehead atoms. The van der Waals surface area contributed by atoms with Crippen LogP contribution in [0.15, 0.2) is 42.5 Å². The molecule has 3 heteroatoms. The summed E-state index contributed by atoms with van der Waals surface area (Å²) >= 11 is 9.84. The summed E-state index contributed by atoms with van der Waals surface area (Å²) in [6.07, 6.45) is 0.920. The lowest BCUT2D eigenvalue weighted by Gasteiger charge is -2.12. The average Bonchev–Trinajstić information content (AvgIpc) is 2.38. The van der Waals surface area contributed by atoms with Gasteiger partial charge in [0.2, 0.25) is 0 Å². The Morgan fingerprint density at radius 1 is 1.16 bits per heavy atom. The Kier molecular flexibility index (Phi) is 4.89. The van der Waals surface area contributed by atoms with Crippen LogP contribution in [-0.4, -0.2) is 7.11 Å². The zero-order chi connectivity index (χ0) is 13.8. The minimum absolute atomic E-state index is 0.262. The standard InChI is InChI=1S/C16H16BrClO/c1-11-7-13(10-14(18)8-11)16(17)9-12-3-5-15(19-2)6-4-12/h3-8,10,16H,9H2,1-2H3. The van der Waals surface area contributed by atoms with Gasteiger partial charge in [0.15, 0.2) is 0 Å². The molecule has 0 radical (unpaired) electrons. The summed E-state index contributed by atoms with van der Waals surface area (Å²) in [5.74, 6) is 0.883. The molecule has 0 aliphatic heterocycles. The van der Waals surface area contributed by atoms with Gasteiger partial charge in [-0.1, -0.05) is 45.7 Å². The Hall–Kier alpha value is -0.990. The predicted octanol–water partition coefficient (Wildman–Crippen LogP) is 5.34. The molecular weight excluding hydrogens is 324 g/mol. The first kappa shape index (κ1) is 14.4. The van der Waals surface area contributed by atoms with Crippen LogP contribution >= 0.6 is 27.5 Å². The van der Waals surface area contributed by atoms with Gasteiger partial charge in [0.25, 0.3) is 0 Å². The van der Waals surface area contributed by atoms with E-state index in [2.05, 4.69) is 41.1 Å². The lowest BCUT2D eigenvalue weighted by Crippen LogP contribution is -1.96. The predicted molar refractivity (Wildman–Crippen MR) is 84.6 cm³/mol. The van der Waals surface area contributed by atoms with Crippen molar-refractivity contribution in [1.82, 2.24) is 0 Å². The van der Waals surface area contributed by atoms with E-state index >= 15 is 0 Å². The molecule has 0 saturated heterocycles. The molecule has 19 heavy (non-hydrogen) atoms. The SMILES string of the molecule is COc1ccc(CC(Br)c2cc(C)cc(Cl)c2)cc1. The van der Waals surface area contributed by atoms with Gasteiger partial charge in [0.05, 0.1) is 7.11 Å². The van der Waals surface area contributed by atoms with Gasteiger partial charge in [-0.2, -0.15) is 0 Å². The highest BCUT2D eigenvalue weighted by atomic mass is 79.9. The number of rotatable bonds is 4. The van der Waals surface area contributed by atoms with Crippen LogP contribution in [0.2, 0.25) is 5.02 Å². The smallest absolute Gasteiger partial charge is 0.118 e. The van der Waals surface area contributed by atoms with Crippen LogP contribution in [0.25, 0.3) is 0 Å². The number of benzene rings is 2. The first-order chi connectivity index (χ1) is 9.08. The van der Waals surface area contributed by atoms with Gasteiger partial charge in [-0.05, 0) is 54.3 Å². The molecule has 0 N–H and O–H groups in total. The highest BCUT2D eigenvalue weighted by Gasteiger charge is 2.10. The Balaban J connectivity index is 2.13. The fourth-order valence-electron chi connectivity index (χ4n) is 2.03. The van der Waals surface area contributed by atoms with E-state index in [-0.39, 0.29) is 4.83 Å². The van der Waals surface area contributed by atoms with Gasteiger partial charge in [-0.3, -0.25) is 0 Å². The monoisotopic (exact) mass is 338 g/mol. The molecule has 0 fully saturated rings. The molecule has 2 aromatic carbocycles. The van der Waals surface area contributed by atoms with Gasteiger partial charge in [0, 0.05) is 9.85 Å². The van der Waals surface area contributed by atoms with E-state index in [4.69, 9.17) is 16.3 Å². The Bertz CT molecular complexity index is 531. The number of ether oxygens (including phenoxy) is 1. The third-order valence-corrected chi connectivity index (χ3v) is 4.07. The second-order valence-electron chi connectivity index (χ2n) is 4.58. The van der Waals surface area contributed by atoms with Crippen molar-refractivity contribution in [2.75, 3.05) is 7.11 Å². The average molecular weight is 340 g/mol. The normalized spacial score (nSPS) is 12.2. The van der Waals surface area contributed by atoms with Crippen LogP contribution in [-0.2, 0) is 6.42 Å². The molecule has 0 saturated carbocycles. The van der Waals surface area contributed by atoms with E-state index in [9.17, 15) is 0 Å². The second-order valence-corrected chi connectivity index (χ2v) is 6.12. The largest absolute Gasteiger partial charge is 0.497 e. The molecule has 1 nitrogen and oxygen atoms in total. The van der Waals surface area contributed by atoms with E-state index in [0.717, 1.165) is 17.2 Å². The van der Waals surface area contributed by atoms with E-state index in [1.165, 1.54) is 16.7 Å². The van der Waals surface area contributed by atoms with Crippen molar-refractivity contribution < 1.29 is 4.74 Å². The molecule has 1 unspecified atom stereocenters. The zero-order valence-electron chi connectivity index (χ0n) is 11.0. The fourth-order valence-corrected chi connectivity index (χ4v) is 2.97. The third-order valence-electron chi connectivity index (χ3n) is 3.00. The van der Waals surface area contributed by atoms with Crippen molar-refractivity contribution in [3.8, 4) is 5.75 Å². The first-order valence-electron chi connectivity index (χ1n) is 6.12. The lowest BCUT2D eigenvalue weighted by molar-refractivity contribution is 0.414. The number of aryl methyl sites for hydroxylation is 1. The van der Waals surface area contributed by atoms with E-state index < -0.39 is 0 Å². The van der Waals surface area contributed by atoms with Gasteiger partial charge < -0.3 is 4.74 Å². The summed E-state index contributed by atoms with van der Waals surface area (Å²) in [6, 6.07) is 14.3. The van der Waals surface area contributed by atoms with E-state index in [0.29, 0.717) is 0 Å². The quantitative estimate of drug-likeness (QED) is 0.684. The Labute approximate surface area is 127 Å². The third kappa shape index (κ3) is 3.99. The molecule has 0 heterocycles. The van der Waals surface area contributed by atoms with Crippen LogP contribution in [0, 0.1) is 6.92 Å². The number of methoxy groups -OCH3 is 1. The summed E-state index contributed by atoms with van der Waals surface area (Å²) in [7, 11) is 1.68. The van der Waals surface area contributed by atoms with Crippen LogP contribution < -0.4 is 4.74 Å². The van der Waals surface area contributed by atoms with Crippen LogP contribution in [0.5, 0.6) is 5.75 Å². The summed E-state index contributed by atoms with van der Waals surface area (Å²) in [4.78, 5) is 0.262. The van der Waals surface area contributed by atoms with Crippen LogP contribution in [0.3, 0.4) is 0 Å². The summed E-state index contributed by atoms with van der Waals surface area (Å²) in [6.45, 7) is 2.06. The second kappa shape index (κ2) is 6.44. The molecule has 0 aliphatic rings. The van der Waals surface area contributed by atoms with Gasteiger partial charge in [-0.15, -0.1) is 0 Å². The van der Waals surface area contributed by atoms with Crippen LogP contribution in [0.1, 0.15) is 21.5 Å². The fraction of sp³-hybridized carbons (Fsp3) is 0.250. The van der Waals surface area contributed by atoms with Crippen molar-refractivity contribution in [3.63, 3.8) is 0 Å². The maximum Gasteiger partial charge on any atom is 0.118 e. The number of hydrogen-bond donors (Lipinski definition) is 0. The molecular formula is C16H16BrClO. The summed E-state index contributed by atoms with van der Waals surface area (Å²) in [5, 5.41) is 0.786. The number of halogens is 2. The lowest BCUT2D eigenvalue weighted by atomic mass is 10.0. The van der Waals surface area contributed by atoms with E-state index in [1.54, 1.807) is 7.11 Å². The Morgan fingerprint density at radius 3 is 2.42 bits per heavy atom. The number of alkyl halides is 1. The van der Waals surface area contributed by atoms with Crippen molar-refractivity contribution in [3.05, 3.63) is 64.2 Å². The van der Waals surface area contributed by atoms with Gasteiger partial charge >= 0.3 is 0 Å². The topological polar surface area (TPSA) is 9.23 Å². The molecule has 100 valence electrons. The van der Waals surface area contributed by atoms with Crippen molar-refractivity contribution >= 4 is 27.5 Å². The maximum absolute atomic E-state index is 6.10. The minimum Gasteiger partial charge on any atom is -0.497 e. The van der Waals surface area contributed by atoms with Gasteiger partial charge in [0.1, 0.15) is 5.75 Å². The molecule has 0 aromatic heterocycles. The van der Waals surface area contributed by atoms with E-state index in [1.807, 2.05) is 24.3 Å². The maximum atomic E-state index is 6.10. The molecule has 0 spiro atoms. The first-order valence-corrected chi connectivity index (χ1v) is 7.42. The molecule has 0 amide bonds. The molecule has 0 aliphatic carbocycles. The van der Waals surface area contributed by atoms with Crippen molar-refractivity contribution in [2.24, 2.45) is 0 Å². The highest BCUT2D eigenvalue weighted by Crippen LogP contribution is 2.30. The molecule has 2 aromatic rings. The highest BCUT2D eigenvalue weighted by molar-refractivity contribution is 9.09. The zero-order valence-corrected chi connectivity index (χ0v) is 13.3. The summed E-state index contributed by atoms with van der Waals surface area (Å²) < 4.78 is 5.16.